The van der Waals surface area contributed by atoms with Crippen LogP contribution in [-0.2, 0) is 19.8 Å². The molecule has 30 heavy (non-hydrogen) atoms. The molecule has 160 valence electrons. The van der Waals surface area contributed by atoms with Crippen molar-refractivity contribution in [3.8, 4) is 11.4 Å². The lowest BCUT2D eigenvalue weighted by molar-refractivity contribution is -0.134. The summed E-state index contributed by atoms with van der Waals surface area (Å²) < 4.78 is 10.1. The van der Waals surface area contributed by atoms with Crippen LogP contribution in [0.25, 0.3) is 17.5 Å². The standard InChI is InChI=1S/C22H28N4O4/c1-21(2,3)30-20(28)24-22(12-5-6-13-22)19-23-18(25-26-19)16-9-7-8-15(14-16)10-11-17(27)29-4/h7-11,14H,5-6,12-13H2,1-4H3,(H,24,28)(H,23,25,26). The molecule has 2 aromatic rings. The van der Waals surface area contributed by atoms with E-state index in [1.54, 1.807) is 6.08 Å². The number of carbonyl (C=O) groups excluding carboxylic acids is 2. The zero-order valence-electron chi connectivity index (χ0n) is 17.8. The average molecular weight is 412 g/mol. The highest BCUT2D eigenvalue weighted by Crippen LogP contribution is 2.38. The third kappa shape index (κ3) is 5.25. The first-order chi connectivity index (χ1) is 14.2. The minimum atomic E-state index is -0.615. The Hall–Kier alpha value is -3.16. The molecular weight excluding hydrogens is 384 g/mol. The average Bonchev–Trinajstić information content (AvgIpc) is 3.35. The lowest BCUT2D eigenvalue weighted by Gasteiger charge is -2.29. The molecule has 1 fully saturated rings. The molecule has 2 N–H and O–H groups in total. The van der Waals surface area contributed by atoms with Crippen LogP contribution in [0.5, 0.6) is 0 Å². The number of nitrogens with zero attached hydrogens (tertiary/aromatic N) is 2. The Labute approximate surface area is 176 Å². The molecule has 1 heterocycles. The van der Waals surface area contributed by atoms with Crippen LogP contribution in [-0.4, -0.2) is 40.0 Å². The van der Waals surface area contributed by atoms with E-state index in [4.69, 9.17) is 4.74 Å². The van der Waals surface area contributed by atoms with E-state index >= 15 is 0 Å². The van der Waals surface area contributed by atoms with Gasteiger partial charge in [0.25, 0.3) is 0 Å². The Morgan fingerprint density at radius 1 is 1.23 bits per heavy atom. The largest absolute Gasteiger partial charge is 0.466 e. The maximum Gasteiger partial charge on any atom is 0.408 e. The molecule has 0 radical (unpaired) electrons. The minimum Gasteiger partial charge on any atom is -0.466 e. The highest BCUT2D eigenvalue weighted by Gasteiger charge is 2.41. The molecule has 0 spiro atoms. The predicted octanol–water partition coefficient (Wildman–Crippen LogP) is 3.95. The highest BCUT2D eigenvalue weighted by atomic mass is 16.6. The third-order valence-electron chi connectivity index (χ3n) is 4.89. The number of alkyl carbamates (subject to hydrolysis) is 1. The van der Waals surface area contributed by atoms with Crippen molar-refractivity contribution < 1.29 is 19.1 Å². The van der Waals surface area contributed by atoms with Crippen molar-refractivity contribution >= 4 is 18.1 Å². The van der Waals surface area contributed by atoms with E-state index in [-0.39, 0.29) is 0 Å². The quantitative estimate of drug-likeness (QED) is 0.569. The third-order valence-corrected chi connectivity index (χ3v) is 4.89. The number of carbonyl (C=O) groups is 2. The number of ether oxygens (including phenoxy) is 2. The SMILES string of the molecule is COC(=O)C=Cc1cccc(-c2n[nH]c(C3(NC(=O)OC(C)(C)C)CCCC3)n2)c1. The topological polar surface area (TPSA) is 106 Å². The van der Waals surface area contributed by atoms with E-state index in [9.17, 15) is 9.59 Å². The van der Waals surface area contributed by atoms with Gasteiger partial charge >= 0.3 is 12.1 Å². The number of hydrogen-bond donors (Lipinski definition) is 2. The van der Waals surface area contributed by atoms with Crippen molar-refractivity contribution in [2.75, 3.05) is 7.11 Å². The second kappa shape index (κ2) is 8.69. The molecule has 1 aromatic heterocycles. The predicted molar refractivity (Wildman–Crippen MR) is 112 cm³/mol. The summed E-state index contributed by atoms with van der Waals surface area (Å²) in [5.74, 6) is 0.726. The summed E-state index contributed by atoms with van der Waals surface area (Å²) in [5.41, 5.74) is 0.437. The van der Waals surface area contributed by atoms with Crippen LogP contribution in [0.3, 0.4) is 0 Å². The Kier molecular flexibility index (Phi) is 6.24. The molecule has 0 aliphatic heterocycles. The first kappa shape index (κ1) is 21.5. The molecule has 1 aromatic carbocycles. The van der Waals surface area contributed by atoms with Crippen LogP contribution in [0, 0.1) is 0 Å². The van der Waals surface area contributed by atoms with Crippen molar-refractivity contribution in [1.82, 2.24) is 20.5 Å². The van der Waals surface area contributed by atoms with Crippen molar-refractivity contribution in [1.29, 1.82) is 0 Å². The normalized spacial score (nSPS) is 15.9. The Morgan fingerprint density at radius 3 is 2.63 bits per heavy atom. The molecule has 1 amide bonds. The fraction of sp³-hybridized carbons (Fsp3) is 0.455. The van der Waals surface area contributed by atoms with Gasteiger partial charge in [-0.15, -0.1) is 0 Å². The monoisotopic (exact) mass is 412 g/mol. The molecule has 1 saturated carbocycles. The van der Waals surface area contributed by atoms with E-state index in [1.165, 1.54) is 13.2 Å². The summed E-state index contributed by atoms with van der Waals surface area (Å²) in [6, 6.07) is 7.52. The van der Waals surface area contributed by atoms with Gasteiger partial charge in [0.05, 0.1) is 7.11 Å². The van der Waals surface area contributed by atoms with Crippen molar-refractivity contribution in [2.45, 2.75) is 57.6 Å². The van der Waals surface area contributed by atoms with Crippen LogP contribution in [0.1, 0.15) is 57.8 Å². The molecule has 0 saturated heterocycles. The molecule has 3 rings (SSSR count). The van der Waals surface area contributed by atoms with Crippen molar-refractivity contribution in [3.05, 3.63) is 41.7 Å². The summed E-state index contributed by atoms with van der Waals surface area (Å²) in [6.07, 6.45) is 6.08. The maximum atomic E-state index is 12.4. The fourth-order valence-electron chi connectivity index (χ4n) is 3.52. The maximum absolute atomic E-state index is 12.4. The van der Waals surface area contributed by atoms with Gasteiger partial charge in [-0.05, 0) is 51.3 Å². The Morgan fingerprint density at radius 2 is 1.97 bits per heavy atom. The van der Waals surface area contributed by atoms with Gasteiger partial charge in [-0.3, -0.25) is 5.10 Å². The number of methoxy groups -OCH3 is 1. The van der Waals surface area contributed by atoms with Gasteiger partial charge in [-0.1, -0.05) is 31.0 Å². The van der Waals surface area contributed by atoms with Crippen LogP contribution >= 0.6 is 0 Å². The van der Waals surface area contributed by atoms with Gasteiger partial charge in [0, 0.05) is 11.6 Å². The number of aromatic nitrogens is 3. The Bertz CT molecular complexity index is 937. The fourth-order valence-corrected chi connectivity index (χ4v) is 3.52. The van der Waals surface area contributed by atoms with Crippen LogP contribution in [0.2, 0.25) is 0 Å². The summed E-state index contributed by atoms with van der Waals surface area (Å²) in [6.45, 7) is 5.51. The summed E-state index contributed by atoms with van der Waals surface area (Å²) in [5, 5.41) is 10.4. The van der Waals surface area contributed by atoms with E-state index in [0.29, 0.717) is 11.6 Å². The number of nitrogens with one attached hydrogen (secondary N) is 2. The molecule has 1 aliphatic rings. The van der Waals surface area contributed by atoms with E-state index < -0.39 is 23.2 Å². The minimum absolute atomic E-state index is 0.419. The first-order valence-electron chi connectivity index (χ1n) is 10.0. The summed E-state index contributed by atoms with van der Waals surface area (Å²) in [4.78, 5) is 28.4. The molecule has 8 heteroatoms. The highest BCUT2D eigenvalue weighted by molar-refractivity contribution is 5.87. The summed E-state index contributed by atoms with van der Waals surface area (Å²) >= 11 is 0. The molecule has 0 bridgehead atoms. The second-order valence-electron chi connectivity index (χ2n) is 8.41. The van der Waals surface area contributed by atoms with Crippen LogP contribution < -0.4 is 5.32 Å². The molecule has 0 unspecified atom stereocenters. The number of aromatic amines is 1. The molecular formula is C22H28N4O4. The molecule has 0 atom stereocenters. The van der Waals surface area contributed by atoms with E-state index in [0.717, 1.165) is 36.8 Å². The Balaban J connectivity index is 1.83. The van der Waals surface area contributed by atoms with Crippen LogP contribution in [0.4, 0.5) is 4.79 Å². The van der Waals surface area contributed by atoms with E-state index in [1.807, 2.05) is 45.0 Å². The number of H-pyrrole nitrogens is 1. The zero-order valence-corrected chi connectivity index (χ0v) is 17.8. The van der Waals surface area contributed by atoms with Crippen LogP contribution in [0.15, 0.2) is 30.3 Å². The van der Waals surface area contributed by atoms with Gasteiger partial charge in [-0.25, -0.2) is 14.6 Å². The van der Waals surface area contributed by atoms with Crippen molar-refractivity contribution in [3.63, 3.8) is 0 Å². The van der Waals surface area contributed by atoms with Gasteiger partial charge in [0.1, 0.15) is 11.1 Å². The number of benzene rings is 1. The van der Waals surface area contributed by atoms with Gasteiger partial charge in [0.15, 0.2) is 11.6 Å². The number of amides is 1. The smallest absolute Gasteiger partial charge is 0.408 e. The van der Waals surface area contributed by atoms with Gasteiger partial charge < -0.3 is 14.8 Å². The van der Waals surface area contributed by atoms with Gasteiger partial charge in [-0.2, -0.15) is 5.10 Å². The lowest BCUT2D eigenvalue weighted by atomic mass is 9.97. The second-order valence-corrected chi connectivity index (χ2v) is 8.41. The van der Waals surface area contributed by atoms with Crippen molar-refractivity contribution in [2.24, 2.45) is 0 Å². The lowest BCUT2D eigenvalue weighted by Crippen LogP contribution is -2.46. The first-order valence-corrected chi connectivity index (χ1v) is 10.0. The zero-order chi connectivity index (χ0) is 21.8. The number of hydrogen-bond acceptors (Lipinski definition) is 6. The summed E-state index contributed by atoms with van der Waals surface area (Å²) in [7, 11) is 1.34. The number of esters is 1. The number of rotatable bonds is 5. The molecule has 8 nitrogen and oxygen atoms in total. The van der Waals surface area contributed by atoms with Gasteiger partial charge in [0.2, 0.25) is 0 Å². The van der Waals surface area contributed by atoms with E-state index in [2.05, 4.69) is 25.2 Å². The molecule has 1 aliphatic carbocycles.